The van der Waals surface area contributed by atoms with E-state index in [1.807, 2.05) is 7.05 Å². The second-order valence-electron chi connectivity index (χ2n) is 5.80. The van der Waals surface area contributed by atoms with Crippen LogP contribution in [0.5, 0.6) is 0 Å². The maximum atomic E-state index is 4.39. The third-order valence-electron chi connectivity index (χ3n) is 4.12. The fourth-order valence-electron chi connectivity index (χ4n) is 3.16. The summed E-state index contributed by atoms with van der Waals surface area (Å²) in [5.74, 6) is 1.06. The maximum absolute atomic E-state index is 4.39. The van der Waals surface area contributed by atoms with Crippen LogP contribution in [0.15, 0.2) is 17.1 Å². The number of hydrogen-bond donors (Lipinski definition) is 1. The molecule has 0 bridgehead atoms. The number of hydrogen-bond acceptors (Lipinski definition) is 1. The van der Waals surface area contributed by atoms with Crippen LogP contribution < -0.4 is 5.32 Å². The standard InChI is InChI=1S/C17H27N3/c1-13-11-14(2)16(15(3)12-13)7-8-19-17(18-4)20-9-5-6-10-20/h11-12H,5-10H2,1-4H3,(H,18,19). The highest BCUT2D eigenvalue weighted by Crippen LogP contribution is 2.16. The van der Waals surface area contributed by atoms with Gasteiger partial charge >= 0.3 is 0 Å². The van der Waals surface area contributed by atoms with Crippen LogP contribution in [-0.2, 0) is 6.42 Å². The molecule has 1 aliphatic heterocycles. The minimum Gasteiger partial charge on any atom is -0.356 e. The van der Waals surface area contributed by atoms with Crippen LogP contribution in [-0.4, -0.2) is 37.5 Å². The summed E-state index contributed by atoms with van der Waals surface area (Å²) >= 11 is 0. The molecule has 3 heteroatoms. The molecule has 3 nitrogen and oxygen atoms in total. The second-order valence-corrected chi connectivity index (χ2v) is 5.80. The first kappa shape index (κ1) is 14.9. The Labute approximate surface area is 123 Å². The van der Waals surface area contributed by atoms with Gasteiger partial charge in [0.1, 0.15) is 0 Å². The molecular weight excluding hydrogens is 246 g/mol. The SMILES string of the molecule is CN=C(NCCc1c(C)cc(C)cc1C)N1CCCC1. The van der Waals surface area contributed by atoms with Crippen molar-refractivity contribution in [2.24, 2.45) is 4.99 Å². The zero-order valence-electron chi connectivity index (χ0n) is 13.3. The first-order valence-corrected chi connectivity index (χ1v) is 7.64. The van der Waals surface area contributed by atoms with Crippen LogP contribution in [0.3, 0.4) is 0 Å². The highest BCUT2D eigenvalue weighted by atomic mass is 15.3. The summed E-state index contributed by atoms with van der Waals surface area (Å²) in [4.78, 5) is 6.75. The van der Waals surface area contributed by atoms with Gasteiger partial charge in [-0.1, -0.05) is 17.7 Å². The molecule has 0 spiro atoms. The van der Waals surface area contributed by atoms with Crippen molar-refractivity contribution in [3.8, 4) is 0 Å². The molecule has 20 heavy (non-hydrogen) atoms. The fraction of sp³-hybridized carbons (Fsp3) is 0.588. The van der Waals surface area contributed by atoms with E-state index >= 15 is 0 Å². The smallest absolute Gasteiger partial charge is 0.193 e. The Bertz CT molecular complexity index is 462. The summed E-state index contributed by atoms with van der Waals surface area (Å²) in [6, 6.07) is 4.55. The fourth-order valence-corrected chi connectivity index (χ4v) is 3.16. The molecule has 0 saturated carbocycles. The molecule has 0 radical (unpaired) electrons. The van der Waals surface area contributed by atoms with Crippen LogP contribution in [0.25, 0.3) is 0 Å². The molecule has 0 amide bonds. The van der Waals surface area contributed by atoms with Crippen LogP contribution in [0.1, 0.15) is 35.1 Å². The molecule has 1 aromatic carbocycles. The average molecular weight is 273 g/mol. The lowest BCUT2D eigenvalue weighted by Gasteiger charge is -2.21. The Kier molecular flexibility index (Phi) is 5.05. The predicted octanol–water partition coefficient (Wildman–Crippen LogP) is 2.83. The van der Waals surface area contributed by atoms with E-state index < -0.39 is 0 Å². The van der Waals surface area contributed by atoms with Crippen LogP contribution in [0, 0.1) is 20.8 Å². The third-order valence-corrected chi connectivity index (χ3v) is 4.12. The minimum absolute atomic E-state index is 0.952. The quantitative estimate of drug-likeness (QED) is 0.677. The van der Waals surface area contributed by atoms with Crippen molar-refractivity contribution in [1.82, 2.24) is 10.2 Å². The first-order valence-electron chi connectivity index (χ1n) is 7.64. The molecule has 0 aromatic heterocycles. The molecule has 1 N–H and O–H groups in total. The number of nitrogens with zero attached hydrogens (tertiary/aromatic N) is 2. The lowest BCUT2D eigenvalue weighted by atomic mass is 9.97. The normalized spacial score (nSPS) is 15.8. The molecule has 1 saturated heterocycles. The molecule has 1 fully saturated rings. The van der Waals surface area contributed by atoms with Gasteiger partial charge in [0.2, 0.25) is 0 Å². The molecule has 0 unspecified atom stereocenters. The van der Waals surface area contributed by atoms with E-state index in [-0.39, 0.29) is 0 Å². The highest BCUT2D eigenvalue weighted by molar-refractivity contribution is 5.80. The molecule has 1 heterocycles. The van der Waals surface area contributed by atoms with Gasteiger partial charge in [-0.15, -0.1) is 0 Å². The molecule has 2 rings (SSSR count). The predicted molar refractivity (Wildman–Crippen MR) is 86.5 cm³/mol. The van der Waals surface area contributed by atoms with Gasteiger partial charge in [0.05, 0.1) is 0 Å². The van der Waals surface area contributed by atoms with E-state index in [1.54, 1.807) is 0 Å². The van der Waals surface area contributed by atoms with Gasteiger partial charge in [0, 0.05) is 26.7 Å². The van der Waals surface area contributed by atoms with Gasteiger partial charge in [-0.2, -0.15) is 0 Å². The van der Waals surface area contributed by atoms with E-state index in [9.17, 15) is 0 Å². The minimum atomic E-state index is 0.952. The summed E-state index contributed by atoms with van der Waals surface area (Å²) in [6.07, 6.45) is 3.64. The maximum Gasteiger partial charge on any atom is 0.193 e. The van der Waals surface area contributed by atoms with Crippen molar-refractivity contribution in [2.45, 2.75) is 40.0 Å². The number of nitrogens with one attached hydrogen (secondary N) is 1. The highest BCUT2D eigenvalue weighted by Gasteiger charge is 2.15. The van der Waals surface area contributed by atoms with E-state index in [4.69, 9.17) is 0 Å². The van der Waals surface area contributed by atoms with Crippen molar-refractivity contribution in [3.63, 3.8) is 0 Å². The van der Waals surface area contributed by atoms with Crippen molar-refractivity contribution in [3.05, 3.63) is 34.4 Å². The lowest BCUT2D eigenvalue weighted by molar-refractivity contribution is 0.494. The summed E-state index contributed by atoms with van der Waals surface area (Å²) < 4.78 is 0. The molecule has 110 valence electrons. The zero-order valence-corrected chi connectivity index (χ0v) is 13.3. The van der Waals surface area contributed by atoms with Crippen molar-refractivity contribution >= 4 is 5.96 Å². The number of rotatable bonds is 3. The van der Waals surface area contributed by atoms with Gasteiger partial charge in [-0.3, -0.25) is 4.99 Å². The number of likely N-dealkylation sites (tertiary alicyclic amines) is 1. The van der Waals surface area contributed by atoms with Gasteiger partial charge in [-0.25, -0.2) is 0 Å². The molecule has 1 aromatic rings. The summed E-state index contributed by atoms with van der Waals surface area (Å²) in [6.45, 7) is 9.82. The largest absolute Gasteiger partial charge is 0.356 e. The molecule has 0 aliphatic carbocycles. The van der Waals surface area contributed by atoms with Crippen LogP contribution >= 0.6 is 0 Å². The van der Waals surface area contributed by atoms with E-state index in [2.05, 4.69) is 48.1 Å². The van der Waals surface area contributed by atoms with Gasteiger partial charge in [0.25, 0.3) is 0 Å². The number of aliphatic imine (C=N–C) groups is 1. The average Bonchev–Trinajstić information content (AvgIpc) is 2.90. The third kappa shape index (κ3) is 3.53. The molecule has 0 atom stereocenters. The summed E-state index contributed by atoms with van der Waals surface area (Å²) in [5, 5.41) is 3.50. The Balaban J connectivity index is 1.92. The van der Waals surface area contributed by atoms with Gasteiger partial charge in [-0.05, 0) is 56.7 Å². The van der Waals surface area contributed by atoms with Crippen molar-refractivity contribution in [1.29, 1.82) is 0 Å². The van der Waals surface area contributed by atoms with E-state index in [1.165, 1.54) is 35.1 Å². The Morgan fingerprint density at radius 3 is 2.30 bits per heavy atom. The van der Waals surface area contributed by atoms with E-state index in [0.29, 0.717) is 0 Å². The number of benzene rings is 1. The van der Waals surface area contributed by atoms with Crippen LogP contribution in [0.4, 0.5) is 0 Å². The lowest BCUT2D eigenvalue weighted by Crippen LogP contribution is -2.40. The first-order chi connectivity index (χ1) is 9.61. The summed E-state index contributed by atoms with van der Waals surface area (Å²) in [7, 11) is 1.88. The van der Waals surface area contributed by atoms with Gasteiger partial charge in [0.15, 0.2) is 5.96 Å². The van der Waals surface area contributed by atoms with Crippen molar-refractivity contribution in [2.75, 3.05) is 26.7 Å². The number of aryl methyl sites for hydroxylation is 3. The Morgan fingerprint density at radius 1 is 1.15 bits per heavy atom. The number of guanidine groups is 1. The van der Waals surface area contributed by atoms with Crippen molar-refractivity contribution < 1.29 is 0 Å². The van der Waals surface area contributed by atoms with E-state index in [0.717, 1.165) is 32.0 Å². The Hall–Kier alpha value is -1.51. The van der Waals surface area contributed by atoms with Crippen LogP contribution in [0.2, 0.25) is 0 Å². The zero-order chi connectivity index (χ0) is 14.5. The molecular formula is C17H27N3. The monoisotopic (exact) mass is 273 g/mol. The second kappa shape index (κ2) is 6.78. The Morgan fingerprint density at radius 2 is 1.75 bits per heavy atom. The van der Waals surface area contributed by atoms with Gasteiger partial charge < -0.3 is 10.2 Å². The summed E-state index contributed by atoms with van der Waals surface area (Å²) in [5.41, 5.74) is 5.63. The topological polar surface area (TPSA) is 27.6 Å². The molecule has 1 aliphatic rings.